The predicted molar refractivity (Wildman–Crippen MR) is 120 cm³/mol. The van der Waals surface area contributed by atoms with E-state index in [0.29, 0.717) is 28.9 Å². The molecule has 0 amide bonds. The van der Waals surface area contributed by atoms with Crippen LogP contribution in [0.15, 0.2) is 72.9 Å². The molecule has 2 aromatic carbocycles. The molecule has 0 bridgehead atoms. The Morgan fingerprint density at radius 3 is 2.52 bits per heavy atom. The van der Waals surface area contributed by atoms with Crippen molar-refractivity contribution in [1.29, 1.82) is 0 Å². The highest BCUT2D eigenvalue weighted by Crippen LogP contribution is 2.35. The Morgan fingerprint density at radius 2 is 1.81 bits per heavy atom. The Labute approximate surface area is 180 Å². The van der Waals surface area contributed by atoms with Gasteiger partial charge in [0.1, 0.15) is 12.4 Å². The zero-order valence-electron chi connectivity index (χ0n) is 17.5. The van der Waals surface area contributed by atoms with Gasteiger partial charge in [0.25, 0.3) is 0 Å². The minimum atomic E-state index is -0.448. The fourth-order valence-electron chi connectivity index (χ4n) is 3.75. The molecule has 2 aromatic heterocycles. The van der Waals surface area contributed by atoms with Crippen molar-refractivity contribution in [1.82, 2.24) is 4.40 Å². The molecular formula is C26H23NO4. The van der Waals surface area contributed by atoms with E-state index < -0.39 is 5.97 Å². The number of rotatable bonds is 7. The molecule has 0 aliphatic heterocycles. The summed E-state index contributed by atoms with van der Waals surface area (Å²) < 4.78 is 13.0. The van der Waals surface area contributed by atoms with Gasteiger partial charge in [-0.25, -0.2) is 4.79 Å². The quantitative estimate of drug-likeness (QED) is 0.297. The molecule has 0 saturated carbocycles. The molecule has 2 heterocycles. The highest BCUT2D eigenvalue weighted by Gasteiger charge is 2.25. The first kappa shape index (κ1) is 20.4. The van der Waals surface area contributed by atoms with Gasteiger partial charge in [0.05, 0.1) is 23.4 Å². The number of aromatic nitrogens is 1. The van der Waals surface area contributed by atoms with Gasteiger partial charge in [0.15, 0.2) is 6.29 Å². The molecule has 0 spiro atoms. The van der Waals surface area contributed by atoms with Crippen molar-refractivity contribution < 1.29 is 19.1 Å². The van der Waals surface area contributed by atoms with Gasteiger partial charge in [-0.2, -0.15) is 0 Å². The van der Waals surface area contributed by atoms with E-state index in [1.807, 2.05) is 73.7 Å². The molecule has 0 saturated heterocycles. The van der Waals surface area contributed by atoms with E-state index in [0.717, 1.165) is 28.7 Å². The van der Waals surface area contributed by atoms with Crippen molar-refractivity contribution in [3.63, 3.8) is 0 Å². The molecule has 0 aliphatic carbocycles. The first-order valence-electron chi connectivity index (χ1n) is 10.2. The van der Waals surface area contributed by atoms with E-state index in [-0.39, 0.29) is 6.61 Å². The fraction of sp³-hybridized carbons (Fsp3) is 0.154. The van der Waals surface area contributed by atoms with E-state index in [1.165, 1.54) is 0 Å². The van der Waals surface area contributed by atoms with E-state index in [9.17, 15) is 9.59 Å². The topological polar surface area (TPSA) is 57.0 Å². The van der Waals surface area contributed by atoms with Gasteiger partial charge >= 0.3 is 5.97 Å². The lowest BCUT2D eigenvalue weighted by molar-refractivity contribution is 0.0529. The van der Waals surface area contributed by atoms with Crippen LogP contribution in [0.2, 0.25) is 0 Å². The lowest BCUT2D eigenvalue weighted by Gasteiger charge is -2.12. The van der Waals surface area contributed by atoms with E-state index in [2.05, 4.69) is 0 Å². The Kier molecular flexibility index (Phi) is 5.85. The van der Waals surface area contributed by atoms with Crippen molar-refractivity contribution in [2.75, 3.05) is 6.61 Å². The molecule has 0 aliphatic rings. The third kappa shape index (κ3) is 3.94. The summed E-state index contributed by atoms with van der Waals surface area (Å²) >= 11 is 0. The zero-order valence-corrected chi connectivity index (χ0v) is 17.5. The number of carbonyl (C=O) groups excluding carboxylic acids is 2. The van der Waals surface area contributed by atoms with Gasteiger partial charge < -0.3 is 13.9 Å². The maximum absolute atomic E-state index is 12.8. The number of pyridine rings is 1. The van der Waals surface area contributed by atoms with Crippen LogP contribution >= 0.6 is 0 Å². The molecule has 5 heteroatoms. The van der Waals surface area contributed by atoms with E-state index in [1.54, 1.807) is 17.5 Å². The SMILES string of the molecule is CCOC(=O)c1c(-c2ccc(OCc3ccccc3)c(C)c2)c(C=O)n2ccccc12. The molecule has 0 atom stereocenters. The Balaban J connectivity index is 1.77. The highest BCUT2D eigenvalue weighted by atomic mass is 16.5. The van der Waals surface area contributed by atoms with Crippen LogP contribution in [0.3, 0.4) is 0 Å². The lowest BCUT2D eigenvalue weighted by Crippen LogP contribution is -2.06. The lowest BCUT2D eigenvalue weighted by atomic mass is 9.98. The van der Waals surface area contributed by atoms with Crippen LogP contribution < -0.4 is 4.74 Å². The molecule has 5 nitrogen and oxygen atoms in total. The van der Waals surface area contributed by atoms with Crippen molar-refractivity contribution in [3.05, 3.63) is 95.3 Å². The van der Waals surface area contributed by atoms with Gasteiger partial charge in [0, 0.05) is 11.8 Å². The molecule has 31 heavy (non-hydrogen) atoms. The van der Waals surface area contributed by atoms with Crippen molar-refractivity contribution in [3.8, 4) is 16.9 Å². The molecule has 0 radical (unpaired) electrons. The molecule has 156 valence electrons. The summed E-state index contributed by atoms with van der Waals surface area (Å²) in [7, 11) is 0. The van der Waals surface area contributed by atoms with Crippen molar-refractivity contribution in [2.24, 2.45) is 0 Å². The van der Waals surface area contributed by atoms with Crippen LogP contribution in [0.5, 0.6) is 5.75 Å². The van der Waals surface area contributed by atoms with Crippen molar-refractivity contribution >= 4 is 17.8 Å². The predicted octanol–water partition coefficient (Wildman–Crippen LogP) is 5.48. The Hall–Kier alpha value is -3.86. The summed E-state index contributed by atoms with van der Waals surface area (Å²) in [6.45, 7) is 4.43. The minimum absolute atomic E-state index is 0.254. The first-order chi connectivity index (χ1) is 15.1. The van der Waals surface area contributed by atoms with Crippen LogP contribution in [-0.4, -0.2) is 23.3 Å². The smallest absolute Gasteiger partial charge is 0.340 e. The molecule has 0 fully saturated rings. The molecule has 4 rings (SSSR count). The number of hydrogen-bond acceptors (Lipinski definition) is 4. The third-order valence-corrected chi connectivity index (χ3v) is 5.17. The van der Waals surface area contributed by atoms with Gasteiger partial charge in [0.2, 0.25) is 0 Å². The number of nitrogens with zero attached hydrogens (tertiary/aromatic N) is 1. The summed E-state index contributed by atoms with van der Waals surface area (Å²) in [5.74, 6) is 0.304. The monoisotopic (exact) mass is 413 g/mol. The normalized spacial score (nSPS) is 10.8. The Morgan fingerprint density at radius 1 is 1.03 bits per heavy atom. The summed E-state index contributed by atoms with van der Waals surface area (Å²) in [6, 6.07) is 21.1. The standard InChI is InChI=1S/C26H23NO4/c1-3-30-26(29)25-21-11-7-8-14-27(21)22(16-28)24(25)20-12-13-23(18(2)15-20)31-17-19-9-5-4-6-10-19/h4-16H,3,17H2,1-2H3. The number of ether oxygens (including phenoxy) is 2. The van der Waals surface area contributed by atoms with Crippen molar-refractivity contribution in [2.45, 2.75) is 20.5 Å². The van der Waals surface area contributed by atoms with Gasteiger partial charge in [-0.3, -0.25) is 4.79 Å². The van der Waals surface area contributed by atoms with Crippen LogP contribution in [0, 0.1) is 6.92 Å². The number of benzene rings is 2. The number of fused-ring (bicyclic) bond motifs is 1. The summed E-state index contributed by atoms with van der Waals surface area (Å²) in [4.78, 5) is 24.8. The number of hydrogen-bond donors (Lipinski definition) is 0. The number of aryl methyl sites for hydroxylation is 1. The summed E-state index contributed by atoms with van der Waals surface area (Å²) in [5, 5.41) is 0. The van der Waals surface area contributed by atoms with Crippen LogP contribution in [0.25, 0.3) is 16.6 Å². The Bertz CT molecular complexity index is 1240. The van der Waals surface area contributed by atoms with Gasteiger partial charge in [-0.05, 0) is 54.8 Å². The minimum Gasteiger partial charge on any atom is -0.489 e. The van der Waals surface area contributed by atoms with Crippen LogP contribution in [-0.2, 0) is 11.3 Å². The second-order valence-corrected chi connectivity index (χ2v) is 7.18. The molecule has 0 unspecified atom stereocenters. The fourth-order valence-corrected chi connectivity index (χ4v) is 3.75. The van der Waals surface area contributed by atoms with Crippen LogP contribution in [0.4, 0.5) is 0 Å². The average molecular weight is 413 g/mol. The maximum Gasteiger partial charge on any atom is 0.340 e. The number of carbonyl (C=O) groups is 2. The third-order valence-electron chi connectivity index (χ3n) is 5.17. The second-order valence-electron chi connectivity index (χ2n) is 7.18. The van der Waals surface area contributed by atoms with E-state index >= 15 is 0 Å². The zero-order chi connectivity index (χ0) is 21.8. The maximum atomic E-state index is 12.8. The molecule has 4 aromatic rings. The average Bonchev–Trinajstić information content (AvgIpc) is 3.13. The number of aldehydes is 1. The summed E-state index contributed by atoms with van der Waals surface area (Å²) in [6.07, 6.45) is 2.55. The van der Waals surface area contributed by atoms with Crippen LogP contribution in [0.1, 0.15) is 38.9 Å². The van der Waals surface area contributed by atoms with E-state index in [4.69, 9.17) is 9.47 Å². The molecule has 0 N–H and O–H groups in total. The first-order valence-corrected chi connectivity index (χ1v) is 10.2. The van der Waals surface area contributed by atoms with Gasteiger partial charge in [-0.1, -0.05) is 42.5 Å². The second kappa shape index (κ2) is 8.88. The highest BCUT2D eigenvalue weighted by molar-refractivity contribution is 6.09. The summed E-state index contributed by atoms with van der Waals surface area (Å²) in [5.41, 5.74) is 4.77. The number of esters is 1. The largest absolute Gasteiger partial charge is 0.489 e. The van der Waals surface area contributed by atoms with Gasteiger partial charge in [-0.15, -0.1) is 0 Å². The molecular weight excluding hydrogens is 390 g/mol.